The van der Waals surface area contributed by atoms with Gasteiger partial charge >= 0.3 is 0 Å². The van der Waals surface area contributed by atoms with Crippen molar-refractivity contribution >= 4 is 16.7 Å². The van der Waals surface area contributed by atoms with Gasteiger partial charge in [-0.25, -0.2) is 0 Å². The normalized spacial score (nSPS) is 21.7. The second-order valence-corrected chi connectivity index (χ2v) is 4.79. The molecular weight excluding hydrogens is 218 g/mol. The lowest BCUT2D eigenvalue weighted by atomic mass is 10.3. The van der Waals surface area contributed by atoms with Gasteiger partial charge in [-0.3, -0.25) is 13.8 Å². The molecule has 1 amide bonds. The molecule has 15 heavy (non-hydrogen) atoms. The largest absolute Gasteiger partial charge is 0.335 e. The van der Waals surface area contributed by atoms with E-state index < -0.39 is 21.7 Å². The summed E-state index contributed by atoms with van der Waals surface area (Å²) in [6, 6.07) is 1.17. The summed E-state index contributed by atoms with van der Waals surface area (Å²) in [5, 5.41) is 2.15. The van der Waals surface area contributed by atoms with Crippen LogP contribution in [0.3, 0.4) is 0 Å². The first kappa shape index (κ1) is 10.0. The monoisotopic (exact) mass is 227 g/mol. The van der Waals surface area contributed by atoms with Crippen LogP contribution in [0.4, 0.5) is 0 Å². The molecule has 1 aromatic heterocycles. The highest BCUT2D eigenvalue weighted by atomic mass is 32.2. The van der Waals surface area contributed by atoms with Crippen LogP contribution in [0, 0.1) is 0 Å². The number of fused-ring (bicyclic) bond motifs is 1. The molecule has 0 saturated carbocycles. The van der Waals surface area contributed by atoms with Gasteiger partial charge in [-0.2, -0.15) is 4.98 Å². The lowest BCUT2D eigenvalue weighted by Gasteiger charge is -2.25. The van der Waals surface area contributed by atoms with E-state index in [0.717, 1.165) is 0 Å². The highest BCUT2D eigenvalue weighted by Crippen LogP contribution is 2.07. The number of hydrogen-bond donors (Lipinski definition) is 1. The van der Waals surface area contributed by atoms with Crippen LogP contribution in [-0.2, 0) is 17.3 Å². The Labute approximate surface area is 87.8 Å². The fraction of sp³-hybridized carbons (Fsp3) is 0.375. The van der Waals surface area contributed by atoms with E-state index in [0.29, 0.717) is 6.54 Å². The minimum atomic E-state index is -1.14. The van der Waals surface area contributed by atoms with Crippen LogP contribution in [0.5, 0.6) is 0 Å². The number of hydrogen-bond acceptors (Lipinski definition) is 4. The highest BCUT2D eigenvalue weighted by Gasteiger charge is 2.25. The molecule has 1 aliphatic heterocycles. The van der Waals surface area contributed by atoms with Gasteiger partial charge in [-0.1, -0.05) is 0 Å². The number of nitrogens with zero attached hydrogens (tertiary/aromatic N) is 2. The van der Waals surface area contributed by atoms with Crippen LogP contribution in [0.2, 0.25) is 0 Å². The highest BCUT2D eigenvalue weighted by molar-refractivity contribution is 7.84. The van der Waals surface area contributed by atoms with Crippen LogP contribution < -0.4 is 10.9 Å². The third-order valence-electron chi connectivity index (χ3n) is 2.18. The lowest BCUT2D eigenvalue weighted by Crippen LogP contribution is -2.47. The molecule has 0 radical (unpaired) electrons. The summed E-state index contributed by atoms with van der Waals surface area (Å²) < 4.78 is 12.8. The van der Waals surface area contributed by atoms with Crippen LogP contribution in [0.1, 0.15) is 10.5 Å². The van der Waals surface area contributed by atoms with Crippen molar-refractivity contribution in [2.75, 3.05) is 6.26 Å². The van der Waals surface area contributed by atoms with Crippen molar-refractivity contribution in [2.45, 2.75) is 11.9 Å². The standard InChI is InChI=1S/C8H9N3O3S/c1-15(14)7-3-11-4-9-6(12)2-5(11)8(13)10-7/h2,4,7H,3H2,1H3,(H,10,13). The minimum absolute atomic E-state index is 0.261. The summed E-state index contributed by atoms with van der Waals surface area (Å²) in [6.45, 7) is 0.372. The average Bonchev–Trinajstić information content (AvgIpc) is 2.18. The van der Waals surface area contributed by atoms with Crippen LogP contribution in [-0.4, -0.2) is 31.3 Å². The summed E-state index contributed by atoms with van der Waals surface area (Å²) in [5.74, 6) is -0.388. The van der Waals surface area contributed by atoms with Gasteiger partial charge < -0.3 is 9.88 Å². The molecule has 1 aliphatic rings. The Kier molecular flexibility index (Phi) is 2.39. The van der Waals surface area contributed by atoms with E-state index in [1.807, 2.05) is 0 Å². The number of carbonyl (C=O) groups is 1. The third kappa shape index (κ3) is 1.82. The van der Waals surface area contributed by atoms with E-state index in [9.17, 15) is 13.8 Å². The molecular formula is C8H9N3O3S. The van der Waals surface area contributed by atoms with Crippen molar-refractivity contribution in [1.29, 1.82) is 0 Å². The first-order chi connectivity index (χ1) is 7.08. The molecule has 0 fully saturated rings. The smallest absolute Gasteiger partial charge is 0.273 e. The molecule has 2 heterocycles. The Morgan fingerprint density at radius 3 is 3.00 bits per heavy atom. The molecule has 80 valence electrons. The molecule has 1 N–H and O–H groups in total. The maximum atomic E-state index is 11.5. The van der Waals surface area contributed by atoms with Gasteiger partial charge in [0.25, 0.3) is 11.5 Å². The van der Waals surface area contributed by atoms with Crippen molar-refractivity contribution in [3.8, 4) is 0 Å². The van der Waals surface area contributed by atoms with Crippen molar-refractivity contribution < 1.29 is 9.00 Å². The zero-order valence-electron chi connectivity index (χ0n) is 7.97. The molecule has 0 saturated heterocycles. The maximum absolute atomic E-state index is 11.5. The van der Waals surface area contributed by atoms with Gasteiger partial charge in [0.15, 0.2) is 0 Å². The average molecular weight is 227 g/mol. The van der Waals surface area contributed by atoms with Crippen molar-refractivity contribution in [1.82, 2.24) is 14.9 Å². The zero-order chi connectivity index (χ0) is 11.0. The lowest BCUT2D eigenvalue weighted by molar-refractivity contribution is 0.0918. The van der Waals surface area contributed by atoms with Gasteiger partial charge in [0.2, 0.25) is 0 Å². The van der Waals surface area contributed by atoms with Crippen molar-refractivity contribution in [2.24, 2.45) is 0 Å². The summed E-state index contributed by atoms with van der Waals surface area (Å²) >= 11 is 0. The predicted molar refractivity (Wildman–Crippen MR) is 53.8 cm³/mol. The Bertz CT molecular complexity index is 496. The van der Waals surface area contributed by atoms with Crippen LogP contribution >= 0.6 is 0 Å². The Balaban J connectivity index is 2.45. The zero-order valence-corrected chi connectivity index (χ0v) is 8.78. The Morgan fingerprint density at radius 1 is 1.60 bits per heavy atom. The molecule has 7 heteroatoms. The van der Waals surface area contributed by atoms with Gasteiger partial charge in [-0.15, -0.1) is 0 Å². The summed E-state index contributed by atoms with van der Waals surface area (Å²) in [7, 11) is -1.14. The number of amides is 1. The predicted octanol–water partition coefficient (Wildman–Crippen LogP) is -1.31. The van der Waals surface area contributed by atoms with Gasteiger partial charge in [-0.05, 0) is 0 Å². The van der Waals surface area contributed by atoms with E-state index in [4.69, 9.17) is 0 Å². The molecule has 2 unspecified atom stereocenters. The topological polar surface area (TPSA) is 81.1 Å². The second-order valence-electron chi connectivity index (χ2n) is 3.23. The van der Waals surface area contributed by atoms with Gasteiger partial charge in [0, 0.05) is 23.1 Å². The second kappa shape index (κ2) is 3.58. The number of rotatable bonds is 1. The first-order valence-corrected chi connectivity index (χ1v) is 5.89. The van der Waals surface area contributed by atoms with Crippen molar-refractivity contribution in [3.05, 3.63) is 28.4 Å². The third-order valence-corrected chi connectivity index (χ3v) is 3.25. The minimum Gasteiger partial charge on any atom is -0.335 e. The Morgan fingerprint density at radius 2 is 2.33 bits per heavy atom. The van der Waals surface area contributed by atoms with E-state index in [2.05, 4.69) is 10.3 Å². The summed E-state index contributed by atoms with van der Waals surface area (Å²) in [5.41, 5.74) is -0.191. The quantitative estimate of drug-likeness (QED) is 0.646. The number of nitrogens with one attached hydrogen (secondary N) is 1. The maximum Gasteiger partial charge on any atom is 0.273 e. The SMILES string of the molecule is CS(=O)C1Cn2cnc(=O)cc2C(=O)N1. The van der Waals surface area contributed by atoms with Crippen LogP contribution in [0.25, 0.3) is 0 Å². The fourth-order valence-corrected chi connectivity index (χ4v) is 2.04. The molecule has 1 aromatic rings. The van der Waals surface area contributed by atoms with Crippen LogP contribution in [0.15, 0.2) is 17.2 Å². The molecule has 0 spiro atoms. The van der Waals surface area contributed by atoms with Gasteiger partial charge in [0.05, 0.1) is 12.9 Å². The summed E-state index contributed by atoms with van der Waals surface area (Å²) in [6.07, 6.45) is 2.82. The van der Waals surface area contributed by atoms with E-state index in [1.165, 1.54) is 23.2 Å². The fourth-order valence-electron chi connectivity index (χ4n) is 1.40. The molecule has 2 rings (SSSR count). The molecule has 6 nitrogen and oxygen atoms in total. The van der Waals surface area contributed by atoms with E-state index in [1.54, 1.807) is 0 Å². The summed E-state index contributed by atoms with van der Waals surface area (Å²) in [4.78, 5) is 26.0. The number of carbonyl (C=O) groups excluding carboxylic acids is 1. The molecule has 0 aromatic carbocycles. The van der Waals surface area contributed by atoms with Crippen molar-refractivity contribution in [3.63, 3.8) is 0 Å². The molecule has 2 atom stereocenters. The van der Waals surface area contributed by atoms with E-state index in [-0.39, 0.29) is 11.6 Å². The molecule has 0 bridgehead atoms. The first-order valence-electron chi connectivity index (χ1n) is 4.27. The molecule has 0 aliphatic carbocycles. The van der Waals surface area contributed by atoms with E-state index >= 15 is 0 Å². The Hall–Kier alpha value is -1.50. The van der Waals surface area contributed by atoms with Gasteiger partial charge in [0.1, 0.15) is 11.1 Å². The number of aromatic nitrogens is 2.